The van der Waals surface area contributed by atoms with Crippen molar-refractivity contribution in [2.75, 3.05) is 34.9 Å². The normalized spacial score (nSPS) is 13.0. The predicted octanol–water partition coefficient (Wildman–Crippen LogP) is 4.75. The first-order chi connectivity index (χ1) is 18.6. The summed E-state index contributed by atoms with van der Waals surface area (Å²) in [4.78, 5) is 26.7. The molecule has 2 amide bonds. The molecule has 2 N–H and O–H groups in total. The number of hydrogen-bond acceptors (Lipinski definition) is 7. The van der Waals surface area contributed by atoms with Crippen molar-refractivity contribution in [2.24, 2.45) is 0 Å². The minimum absolute atomic E-state index is 0.111. The van der Waals surface area contributed by atoms with Gasteiger partial charge in [0.1, 0.15) is 5.75 Å². The Balaban J connectivity index is 1.28. The van der Waals surface area contributed by atoms with E-state index in [9.17, 15) is 9.59 Å². The number of ether oxygens (including phenoxy) is 1. The van der Waals surface area contributed by atoms with E-state index in [0.717, 1.165) is 29.2 Å². The molecule has 5 rings (SSSR count). The number of para-hydroxylation sites is 3. The van der Waals surface area contributed by atoms with Gasteiger partial charge in [0.25, 0.3) is 0 Å². The fraction of sp³-hybridized carbons (Fsp3) is 0.214. The van der Waals surface area contributed by atoms with Crippen LogP contribution >= 0.6 is 11.8 Å². The van der Waals surface area contributed by atoms with Crippen molar-refractivity contribution in [3.8, 4) is 11.4 Å². The standard InChI is InChI=1S/C28H28N6O3S/c1-37-24-14-6-5-13-23(24)29-18-25-31-32-28(34(25)21-10-3-2-4-11-21)38-19-26(35)30-20-9-7-12-22(17-20)33-16-8-15-27(33)36/h2-7,9-14,17,29H,8,15-16,18-19H2,1H3,(H,30,35). The van der Waals surface area contributed by atoms with E-state index >= 15 is 0 Å². The van der Waals surface area contributed by atoms with Crippen molar-refractivity contribution in [2.45, 2.75) is 24.5 Å². The van der Waals surface area contributed by atoms with E-state index in [1.54, 1.807) is 12.0 Å². The van der Waals surface area contributed by atoms with Crippen LogP contribution < -0.4 is 20.3 Å². The Bertz CT molecular complexity index is 1430. The minimum Gasteiger partial charge on any atom is -0.495 e. The summed E-state index contributed by atoms with van der Waals surface area (Å²) in [5.74, 6) is 1.53. The van der Waals surface area contributed by atoms with Crippen LogP contribution in [0.15, 0.2) is 84.0 Å². The summed E-state index contributed by atoms with van der Waals surface area (Å²) in [6.07, 6.45) is 1.41. The van der Waals surface area contributed by atoms with Crippen molar-refractivity contribution in [3.05, 3.63) is 84.7 Å². The van der Waals surface area contributed by atoms with Gasteiger partial charge < -0.3 is 20.3 Å². The average Bonchev–Trinajstić information content (AvgIpc) is 3.57. The SMILES string of the molecule is COc1ccccc1NCc1nnc(SCC(=O)Nc2cccc(N3CCCC3=O)c2)n1-c1ccccc1. The average molecular weight is 529 g/mol. The number of thioether (sulfide) groups is 1. The fourth-order valence-corrected chi connectivity index (χ4v) is 5.08. The van der Waals surface area contributed by atoms with Crippen molar-refractivity contribution in [1.82, 2.24) is 14.8 Å². The molecule has 0 radical (unpaired) electrons. The molecule has 38 heavy (non-hydrogen) atoms. The summed E-state index contributed by atoms with van der Waals surface area (Å²) < 4.78 is 7.38. The molecule has 0 unspecified atom stereocenters. The lowest BCUT2D eigenvalue weighted by Gasteiger charge is -2.16. The van der Waals surface area contributed by atoms with Crippen molar-refractivity contribution < 1.29 is 14.3 Å². The van der Waals surface area contributed by atoms with Gasteiger partial charge in [-0.2, -0.15) is 0 Å². The first-order valence-corrected chi connectivity index (χ1v) is 13.3. The number of methoxy groups -OCH3 is 1. The Labute approximate surface area is 225 Å². The van der Waals surface area contributed by atoms with Crippen molar-refractivity contribution in [1.29, 1.82) is 0 Å². The van der Waals surface area contributed by atoms with Crippen LogP contribution in [0.4, 0.5) is 17.1 Å². The second kappa shape index (κ2) is 11.8. The number of nitrogens with zero attached hydrogens (tertiary/aromatic N) is 4. The highest BCUT2D eigenvalue weighted by Gasteiger charge is 2.22. The van der Waals surface area contributed by atoms with E-state index in [4.69, 9.17) is 4.74 Å². The van der Waals surface area contributed by atoms with Crippen molar-refractivity contribution in [3.63, 3.8) is 0 Å². The van der Waals surface area contributed by atoms with E-state index in [-0.39, 0.29) is 17.6 Å². The van der Waals surface area contributed by atoms with Gasteiger partial charge >= 0.3 is 0 Å². The van der Waals surface area contributed by atoms with Gasteiger partial charge in [-0.15, -0.1) is 10.2 Å². The molecule has 1 aliphatic heterocycles. The maximum Gasteiger partial charge on any atom is 0.234 e. The van der Waals surface area contributed by atoms with Crippen LogP contribution in [0.3, 0.4) is 0 Å². The van der Waals surface area contributed by atoms with Crippen LogP contribution in [0.25, 0.3) is 5.69 Å². The van der Waals surface area contributed by atoms with Gasteiger partial charge in [0.15, 0.2) is 11.0 Å². The van der Waals surface area contributed by atoms with Crippen LogP contribution in [-0.2, 0) is 16.1 Å². The first kappa shape index (κ1) is 25.3. The summed E-state index contributed by atoms with van der Waals surface area (Å²) in [5, 5.41) is 15.7. The molecule has 0 saturated carbocycles. The summed E-state index contributed by atoms with van der Waals surface area (Å²) in [7, 11) is 1.63. The fourth-order valence-electron chi connectivity index (χ4n) is 4.31. The number of amides is 2. The number of anilines is 3. The van der Waals surface area contributed by atoms with Gasteiger partial charge in [-0.1, -0.05) is 48.2 Å². The van der Waals surface area contributed by atoms with Gasteiger partial charge in [0, 0.05) is 30.0 Å². The Morgan fingerprint density at radius 1 is 1.00 bits per heavy atom. The summed E-state index contributed by atoms with van der Waals surface area (Å²) in [5.41, 5.74) is 3.21. The largest absolute Gasteiger partial charge is 0.495 e. The molecule has 9 nitrogen and oxygen atoms in total. The van der Waals surface area contributed by atoms with Gasteiger partial charge in [0.05, 0.1) is 25.1 Å². The maximum atomic E-state index is 12.8. The number of carbonyl (C=O) groups excluding carboxylic acids is 2. The molecule has 1 aromatic heterocycles. The van der Waals surface area contributed by atoms with E-state index in [1.165, 1.54) is 11.8 Å². The molecule has 194 valence electrons. The number of carbonyl (C=O) groups is 2. The molecule has 1 fully saturated rings. The second-order valence-corrected chi connectivity index (χ2v) is 9.60. The number of nitrogens with one attached hydrogen (secondary N) is 2. The topological polar surface area (TPSA) is 101 Å². The molecule has 10 heteroatoms. The van der Waals surface area contributed by atoms with Crippen LogP contribution in [0.2, 0.25) is 0 Å². The van der Waals surface area contributed by atoms with E-state index in [2.05, 4.69) is 20.8 Å². The Hall–Kier alpha value is -4.31. The Kier molecular flexibility index (Phi) is 7.89. The van der Waals surface area contributed by atoms with Gasteiger partial charge in [-0.05, 0) is 48.9 Å². The van der Waals surface area contributed by atoms with Gasteiger partial charge in [-0.25, -0.2) is 0 Å². The third-order valence-electron chi connectivity index (χ3n) is 6.11. The molecule has 1 saturated heterocycles. The number of rotatable bonds is 10. The third-order valence-corrected chi connectivity index (χ3v) is 7.04. The van der Waals surface area contributed by atoms with E-state index < -0.39 is 0 Å². The molecular formula is C28H28N6O3S. The monoisotopic (exact) mass is 528 g/mol. The molecule has 0 spiro atoms. The van der Waals surface area contributed by atoms with E-state index in [0.29, 0.717) is 36.2 Å². The number of aromatic nitrogens is 3. The van der Waals surface area contributed by atoms with Gasteiger partial charge in [0.2, 0.25) is 11.8 Å². The first-order valence-electron chi connectivity index (χ1n) is 12.3. The lowest BCUT2D eigenvalue weighted by molar-refractivity contribution is -0.117. The zero-order valence-electron chi connectivity index (χ0n) is 21.0. The molecule has 0 atom stereocenters. The van der Waals surface area contributed by atoms with Gasteiger partial charge in [-0.3, -0.25) is 14.2 Å². The molecule has 3 aromatic carbocycles. The number of benzene rings is 3. The minimum atomic E-state index is -0.170. The zero-order valence-corrected chi connectivity index (χ0v) is 21.8. The van der Waals surface area contributed by atoms with Crippen LogP contribution in [-0.4, -0.2) is 46.0 Å². The highest BCUT2D eigenvalue weighted by atomic mass is 32.2. The quantitative estimate of drug-likeness (QED) is 0.287. The molecule has 2 heterocycles. The summed E-state index contributed by atoms with van der Waals surface area (Å²) in [6, 6.07) is 24.9. The second-order valence-electron chi connectivity index (χ2n) is 8.66. The molecule has 0 bridgehead atoms. The van der Waals surface area contributed by atoms with E-state index in [1.807, 2.05) is 83.4 Å². The Morgan fingerprint density at radius 3 is 2.58 bits per heavy atom. The van der Waals surface area contributed by atoms with Crippen molar-refractivity contribution >= 4 is 40.6 Å². The Morgan fingerprint density at radius 2 is 1.79 bits per heavy atom. The van der Waals surface area contributed by atoms with Crippen LogP contribution in [0.5, 0.6) is 5.75 Å². The zero-order chi connectivity index (χ0) is 26.3. The van der Waals surface area contributed by atoms with Crippen LogP contribution in [0.1, 0.15) is 18.7 Å². The lowest BCUT2D eigenvalue weighted by atomic mass is 10.2. The third kappa shape index (κ3) is 5.81. The van der Waals surface area contributed by atoms with Crippen LogP contribution in [0, 0.1) is 0 Å². The predicted molar refractivity (Wildman–Crippen MR) is 149 cm³/mol. The smallest absolute Gasteiger partial charge is 0.234 e. The maximum absolute atomic E-state index is 12.8. The molecular weight excluding hydrogens is 500 g/mol. The highest BCUT2D eigenvalue weighted by Crippen LogP contribution is 2.27. The molecule has 0 aliphatic carbocycles. The number of hydrogen-bond donors (Lipinski definition) is 2. The lowest BCUT2D eigenvalue weighted by Crippen LogP contribution is -2.23. The highest BCUT2D eigenvalue weighted by molar-refractivity contribution is 7.99. The summed E-state index contributed by atoms with van der Waals surface area (Å²) >= 11 is 1.31. The molecule has 1 aliphatic rings. The molecule has 4 aromatic rings. The summed E-state index contributed by atoms with van der Waals surface area (Å²) in [6.45, 7) is 1.12.